The smallest absolute Gasteiger partial charge is 0.164 e. The van der Waals surface area contributed by atoms with Gasteiger partial charge < -0.3 is 10.2 Å². The van der Waals surface area contributed by atoms with E-state index < -0.39 is 5.82 Å². The van der Waals surface area contributed by atoms with Crippen LogP contribution in [-0.4, -0.2) is 13.1 Å². The Bertz CT molecular complexity index is 624. The summed E-state index contributed by atoms with van der Waals surface area (Å²) >= 11 is 5.81. The molecule has 2 aromatic rings. The van der Waals surface area contributed by atoms with Gasteiger partial charge in [-0.2, -0.15) is 0 Å². The average molecular weight is 305 g/mol. The van der Waals surface area contributed by atoms with E-state index in [9.17, 15) is 4.39 Å². The Morgan fingerprint density at radius 3 is 2.62 bits per heavy atom. The summed E-state index contributed by atoms with van der Waals surface area (Å²) < 4.78 is 13.9. The molecule has 110 valence electrons. The number of nitrogens with zero attached hydrogens (tertiary/aromatic N) is 1. The second-order valence-corrected chi connectivity index (χ2v) is 5.68. The van der Waals surface area contributed by atoms with Gasteiger partial charge in [-0.15, -0.1) is 0 Å². The standard InChI is InChI=1S/C17H18ClFN2/c18-14-7-5-8-15(17(14)19)20-12-13-6-1-2-9-16(13)21-10-3-4-11-21/h1-2,5-9,20H,3-4,10-12H2. The first-order chi connectivity index (χ1) is 10.3. The fourth-order valence-electron chi connectivity index (χ4n) is 2.76. The number of anilines is 2. The van der Waals surface area contributed by atoms with Gasteiger partial charge in [-0.1, -0.05) is 35.9 Å². The van der Waals surface area contributed by atoms with E-state index >= 15 is 0 Å². The van der Waals surface area contributed by atoms with Crippen LogP contribution in [0.5, 0.6) is 0 Å². The molecule has 1 aliphatic heterocycles. The SMILES string of the molecule is Fc1c(Cl)cccc1NCc1ccccc1N1CCCC1. The lowest BCUT2D eigenvalue weighted by molar-refractivity contribution is 0.630. The van der Waals surface area contributed by atoms with E-state index in [4.69, 9.17) is 11.6 Å². The zero-order chi connectivity index (χ0) is 14.7. The minimum Gasteiger partial charge on any atom is -0.378 e. The van der Waals surface area contributed by atoms with Crippen molar-refractivity contribution >= 4 is 23.0 Å². The van der Waals surface area contributed by atoms with Crippen LogP contribution in [0.25, 0.3) is 0 Å². The number of benzene rings is 2. The Kier molecular flexibility index (Phi) is 4.30. The lowest BCUT2D eigenvalue weighted by atomic mass is 10.1. The lowest BCUT2D eigenvalue weighted by Gasteiger charge is -2.21. The van der Waals surface area contributed by atoms with Gasteiger partial charge in [0.15, 0.2) is 5.82 Å². The van der Waals surface area contributed by atoms with E-state index in [-0.39, 0.29) is 5.02 Å². The van der Waals surface area contributed by atoms with Crippen LogP contribution in [-0.2, 0) is 6.54 Å². The molecule has 0 bridgehead atoms. The molecule has 2 nitrogen and oxygen atoms in total. The summed E-state index contributed by atoms with van der Waals surface area (Å²) in [4.78, 5) is 2.39. The molecule has 1 N–H and O–H groups in total. The highest BCUT2D eigenvalue weighted by atomic mass is 35.5. The van der Waals surface area contributed by atoms with Crippen molar-refractivity contribution in [2.75, 3.05) is 23.3 Å². The molecule has 21 heavy (non-hydrogen) atoms. The first kappa shape index (κ1) is 14.2. The minimum absolute atomic E-state index is 0.146. The minimum atomic E-state index is -0.391. The predicted molar refractivity (Wildman–Crippen MR) is 86.6 cm³/mol. The normalized spacial score (nSPS) is 14.5. The van der Waals surface area contributed by atoms with Crippen LogP contribution in [0.2, 0.25) is 5.02 Å². The fraction of sp³-hybridized carbons (Fsp3) is 0.294. The van der Waals surface area contributed by atoms with Gasteiger partial charge in [-0.05, 0) is 36.6 Å². The maximum atomic E-state index is 13.9. The summed E-state index contributed by atoms with van der Waals surface area (Å²) in [5, 5.41) is 3.29. The number of rotatable bonds is 4. The molecule has 2 aromatic carbocycles. The van der Waals surface area contributed by atoms with Crippen LogP contribution in [0.3, 0.4) is 0 Å². The first-order valence-electron chi connectivity index (χ1n) is 7.26. The molecule has 1 fully saturated rings. The van der Waals surface area contributed by atoms with Crippen molar-refractivity contribution in [3.63, 3.8) is 0 Å². The number of nitrogens with one attached hydrogen (secondary N) is 1. The van der Waals surface area contributed by atoms with E-state index in [1.807, 2.05) is 6.07 Å². The summed E-state index contributed by atoms with van der Waals surface area (Å²) in [7, 11) is 0. The van der Waals surface area contributed by atoms with Crippen molar-refractivity contribution < 1.29 is 4.39 Å². The van der Waals surface area contributed by atoms with Gasteiger partial charge >= 0.3 is 0 Å². The monoisotopic (exact) mass is 304 g/mol. The highest BCUT2D eigenvalue weighted by Crippen LogP contribution is 2.27. The van der Waals surface area contributed by atoms with Crippen molar-refractivity contribution in [1.82, 2.24) is 0 Å². The Morgan fingerprint density at radius 2 is 1.81 bits per heavy atom. The lowest BCUT2D eigenvalue weighted by Crippen LogP contribution is -2.20. The average Bonchev–Trinajstić information content (AvgIpc) is 3.03. The highest BCUT2D eigenvalue weighted by molar-refractivity contribution is 6.31. The number of hydrogen-bond acceptors (Lipinski definition) is 2. The van der Waals surface area contributed by atoms with Crippen molar-refractivity contribution in [1.29, 1.82) is 0 Å². The molecule has 0 unspecified atom stereocenters. The quantitative estimate of drug-likeness (QED) is 0.881. The fourth-order valence-corrected chi connectivity index (χ4v) is 2.93. The van der Waals surface area contributed by atoms with E-state index in [2.05, 4.69) is 28.4 Å². The van der Waals surface area contributed by atoms with Gasteiger partial charge in [-0.25, -0.2) is 4.39 Å². The molecular formula is C17H18ClFN2. The Hall–Kier alpha value is -1.74. The summed E-state index contributed by atoms with van der Waals surface area (Å²) in [5.41, 5.74) is 2.86. The number of para-hydroxylation sites is 1. The maximum Gasteiger partial charge on any atom is 0.164 e. The zero-order valence-electron chi connectivity index (χ0n) is 11.8. The Morgan fingerprint density at radius 1 is 1.05 bits per heavy atom. The van der Waals surface area contributed by atoms with E-state index in [1.165, 1.54) is 24.1 Å². The number of hydrogen-bond donors (Lipinski definition) is 1. The molecule has 0 saturated carbocycles. The van der Waals surface area contributed by atoms with Crippen molar-refractivity contribution in [3.05, 3.63) is 58.9 Å². The third-order valence-corrected chi connectivity index (χ3v) is 4.15. The van der Waals surface area contributed by atoms with Gasteiger partial charge in [0, 0.05) is 25.3 Å². The molecular weight excluding hydrogens is 287 g/mol. The maximum absolute atomic E-state index is 13.9. The molecule has 0 aromatic heterocycles. The Balaban J connectivity index is 1.77. The Labute approximate surface area is 129 Å². The van der Waals surface area contributed by atoms with Crippen LogP contribution in [0, 0.1) is 5.82 Å². The molecule has 1 heterocycles. The van der Waals surface area contributed by atoms with Crippen LogP contribution in [0.1, 0.15) is 18.4 Å². The van der Waals surface area contributed by atoms with Crippen LogP contribution in [0.15, 0.2) is 42.5 Å². The van der Waals surface area contributed by atoms with Gasteiger partial charge in [0.05, 0.1) is 10.7 Å². The molecule has 0 radical (unpaired) electrons. The third kappa shape index (κ3) is 3.13. The van der Waals surface area contributed by atoms with Crippen molar-refractivity contribution in [2.45, 2.75) is 19.4 Å². The molecule has 1 aliphatic rings. The topological polar surface area (TPSA) is 15.3 Å². The molecule has 3 rings (SSSR count). The van der Waals surface area contributed by atoms with Crippen LogP contribution >= 0.6 is 11.6 Å². The van der Waals surface area contributed by atoms with Gasteiger partial charge in [0.2, 0.25) is 0 Å². The van der Waals surface area contributed by atoms with E-state index in [0.29, 0.717) is 12.2 Å². The third-order valence-electron chi connectivity index (χ3n) is 3.86. The molecule has 0 spiro atoms. The van der Waals surface area contributed by atoms with Crippen molar-refractivity contribution in [3.8, 4) is 0 Å². The molecule has 4 heteroatoms. The number of halogens is 2. The molecule has 0 amide bonds. The largest absolute Gasteiger partial charge is 0.378 e. The van der Waals surface area contributed by atoms with Crippen LogP contribution < -0.4 is 10.2 Å². The molecule has 0 aliphatic carbocycles. The van der Waals surface area contributed by atoms with E-state index in [0.717, 1.165) is 13.1 Å². The van der Waals surface area contributed by atoms with Gasteiger partial charge in [0.25, 0.3) is 0 Å². The highest BCUT2D eigenvalue weighted by Gasteiger charge is 2.15. The van der Waals surface area contributed by atoms with E-state index in [1.54, 1.807) is 18.2 Å². The molecule has 1 saturated heterocycles. The first-order valence-corrected chi connectivity index (χ1v) is 7.64. The van der Waals surface area contributed by atoms with Gasteiger partial charge in [-0.3, -0.25) is 0 Å². The summed E-state index contributed by atoms with van der Waals surface area (Å²) in [6, 6.07) is 13.3. The summed E-state index contributed by atoms with van der Waals surface area (Å²) in [5.74, 6) is -0.391. The summed E-state index contributed by atoms with van der Waals surface area (Å²) in [6.45, 7) is 2.79. The second kappa shape index (κ2) is 6.35. The van der Waals surface area contributed by atoms with Crippen molar-refractivity contribution in [2.24, 2.45) is 0 Å². The molecule has 0 atom stereocenters. The summed E-state index contributed by atoms with van der Waals surface area (Å²) in [6.07, 6.45) is 2.48. The zero-order valence-corrected chi connectivity index (χ0v) is 12.5. The van der Waals surface area contributed by atoms with Crippen LogP contribution in [0.4, 0.5) is 15.8 Å². The predicted octanol–water partition coefficient (Wildman–Crippen LogP) is 4.69. The second-order valence-electron chi connectivity index (χ2n) is 5.28. The van der Waals surface area contributed by atoms with Gasteiger partial charge in [0.1, 0.15) is 0 Å².